The van der Waals surface area contributed by atoms with Crippen molar-refractivity contribution in [3.63, 3.8) is 0 Å². The molecule has 0 saturated heterocycles. The van der Waals surface area contributed by atoms with Crippen molar-refractivity contribution in [3.05, 3.63) is 35.7 Å². The van der Waals surface area contributed by atoms with E-state index in [2.05, 4.69) is 46.8 Å². The smallest absolute Gasteiger partial charge is 0.227 e. The van der Waals surface area contributed by atoms with Crippen molar-refractivity contribution in [1.82, 2.24) is 20.8 Å². The molecule has 0 aliphatic heterocycles. The Balaban J connectivity index is 1.89. The molecule has 1 heterocycles. The summed E-state index contributed by atoms with van der Waals surface area (Å²) in [7, 11) is 1.85. The maximum atomic E-state index is 11.6. The van der Waals surface area contributed by atoms with Crippen LogP contribution in [0.25, 0.3) is 11.4 Å². The maximum Gasteiger partial charge on any atom is 0.227 e. The second kappa shape index (κ2) is 8.43. The molecule has 0 radical (unpaired) electrons. The summed E-state index contributed by atoms with van der Waals surface area (Å²) in [5.74, 6) is 1.52. The number of carbonyl (C=O) groups excluding carboxylic acids is 1. The minimum absolute atomic E-state index is 0.0127. The van der Waals surface area contributed by atoms with Gasteiger partial charge in [0.25, 0.3) is 0 Å². The summed E-state index contributed by atoms with van der Waals surface area (Å²) < 4.78 is 5.22. The van der Waals surface area contributed by atoms with Crippen LogP contribution in [0.3, 0.4) is 0 Å². The number of hydrogen-bond donors (Lipinski definition) is 2. The van der Waals surface area contributed by atoms with E-state index >= 15 is 0 Å². The molecule has 0 bridgehead atoms. The lowest BCUT2D eigenvalue weighted by atomic mass is 10.0. The molecule has 0 unspecified atom stereocenters. The zero-order valence-corrected chi connectivity index (χ0v) is 13.9. The highest BCUT2D eigenvalue weighted by molar-refractivity contribution is 5.76. The first-order valence-corrected chi connectivity index (χ1v) is 7.94. The summed E-state index contributed by atoms with van der Waals surface area (Å²) >= 11 is 0. The van der Waals surface area contributed by atoms with Gasteiger partial charge in [-0.2, -0.15) is 4.98 Å². The molecule has 2 N–H and O–H groups in total. The normalized spacial score (nSPS) is 11.0. The lowest BCUT2D eigenvalue weighted by Crippen LogP contribution is -2.30. The molecule has 0 aliphatic carbocycles. The first-order valence-electron chi connectivity index (χ1n) is 7.94. The second-order valence-electron chi connectivity index (χ2n) is 5.74. The topological polar surface area (TPSA) is 80.0 Å². The Morgan fingerprint density at radius 3 is 2.61 bits per heavy atom. The van der Waals surface area contributed by atoms with Gasteiger partial charge >= 0.3 is 0 Å². The number of amides is 1. The Hall–Kier alpha value is -2.21. The first kappa shape index (κ1) is 17.1. The molecule has 124 valence electrons. The highest BCUT2D eigenvalue weighted by Crippen LogP contribution is 2.20. The van der Waals surface area contributed by atoms with Gasteiger partial charge in [-0.05, 0) is 18.5 Å². The maximum absolute atomic E-state index is 11.6. The zero-order valence-electron chi connectivity index (χ0n) is 13.9. The molecular formula is C17H24N4O2. The van der Waals surface area contributed by atoms with E-state index in [-0.39, 0.29) is 5.91 Å². The van der Waals surface area contributed by atoms with E-state index in [1.807, 2.05) is 19.2 Å². The van der Waals surface area contributed by atoms with E-state index in [1.54, 1.807) is 0 Å². The largest absolute Gasteiger partial charge is 0.355 e. The van der Waals surface area contributed by atoms with Crippen LogP contribution in [0.1, 0.15) is 37.6 Å². The highest BCUT2D eigenvalue weighted by atomic mass is 16.5. The van der Waals surface area contributed by atoms with Gasteiger partial charge in [-0.3, -0.25) is 4.79 Å². The van der Waals surface area contributed by atoms with Gasteiger partial charge < -0.3 is 15.2 Å². The van der Waals surface area contributed by atoms with Crippen LogP contribution in [0.2, 0.25) is 0 Å². The van der Waals surface area contributed by atoms with Crippen LogP contribution >= 0.6 is 0 Å². The highest BCUT2D eigenvalue weighted by Gasteiger charge is 2.11. The predicted molar refractivity (Wildman–Crippen MR) is 89.1 cm³/mol. The third kappa shape index (κ3) is 5.17. The number of carbonyl (C=O) groups is 1. The van der Waals surface area contributed by atoms with Gasteiger partial charge in [-0.15, -0.1) is 0 Å². The molecular weight excluding hydrogens is 292 g/mol. The predicted octanol–water partition coefficient (Wildman–Crippen LogP) is 2.13. The number of nitrogens with one attached hydrogen (secondary N) is 2. The summed E-state index contributed by atoms with van der Waals surface area (Å²) in [5, 5.41) is 9.78. The average molecular weight is 316 g/mol. The number of rotatable bonds is 8. The van der Waals surface area contributed by atoms with E-state index < -0.39 is 0 Å². The van der Waals surface area contributed by atoms with Crippen LogP contribution in [0.5, 0.6) is 0 Å². The van der Waals surface area contributed by atoms with E-state index in [4.69, 9.17) is 4.52 Å². The van der Waals surface area contributed by atoms with Gasteiger partial charge in [0.15, 0.2) is 0 Å². The van der Waals surface area contributed by atoms with Gasteiger partial charge in [0.1, 0.15) is 0 Å². The lowest BCUT2D eigenvalue weighted by Gasteiger charge is -2.04. The van der Waals surface area contributed by atoms with E-state index in [0.717, 1.165) is 12.1 Å². The third-order valence-corrected chi connectivity index (χ3v) is 3.57. The molecule has 6 nitrogen and oxygen atoms in total. The Kier molecular flexibility index (Phi) is 6.29. The fraction of sp³-hybridized carbons (Fsp3) is 0.471. The average Bonchev–Trinajstić information content (AvgIpc) is 3.02. The summed E-state index contributed by atoms with van der Waals surface area (Å²) in [6.45, 7) is 5.68. The number of likely N-dealkylation sites (N-methyl/N-ethyl adjacent to an activating group) is 1. The Bertz CT molecular complexity index is 620. The molecule has 0 saturated carbocycles. The Morgan fingerprint density at radius 1 is 1.22 bits per heavy atom. The SMILES string of the molecule is CNCCNC(=O)CCc1nc(-c2ccc(C(C)C)cc2)no1. The summed E-state index contributed by atoms with van der Waals surface area (Å²) in [5.41, 5.74) is 2.19. The van der Waals surface area contributed by atoms with Crippen molar-refractivity contribution in [3.8, 4) is 11.4 Å². The van der Waals surface area contributed by atoms with Crippen LogP contribution in [0.4, 0.5) is 0 Å². The molecule has 1 aromatic carbocycles. The van der Waals surface area contributed by atoms with Crippen molar-refractivity contribution in [2.75, 3.05) is 20.1 Å². The number of aromatic nitrogens is 2. The number of benzene rings is 1. The molecule has 1 amide bonds. The van der Waals surface area contributed by atoms with Crippen molar-refractivity contribution in [2.24, 2.45) is 0 Å². The number of aryl methyl sites for hydroxylation is 1. The first-order chi connectivity index (χ1) is 11.1. The zero-order chi connectivity index (χ0) is 16.7. The molecule has 1 aromatic heterocycles. The molecule has 23 heavy (non-hydrogen) atoms. The molecule has 0 aliphatic rings. The van der Waals surface area contributed by atoms with Crippen LogP contribution in [0, 0.1) is 0 Å². The lowest BCUT2D eigenvalue weighted by molar-refractivity contribution is -0.121. The molecule has 0 fully saturated rings. The third-order valence-electron chi connectivity index (χ3n) is 3.57. The molecule has 2 rings (SSSR count). The monoisotopic (exact) mass is 316 g/mol. The van der Waals surface area contributed by atoms with Crippen molar-refractivity contribution >= 4 is 5.91 Å². The van der Waals surface area contributed by atoms with Gasteiger partial charge in [0.2, 0.25) is 17.6 Å². The summed E-state index contributed by atoms with van der Waals surface area (Å²) in [6, 6.07) is 8.14. The molecule has 0 atom stereocenters. The van der Waals surface area contributed by atoms with Crippen LogP contribution in [0.15, 0.2) is 28.8 Å². The fourth-order valence-electron chi connectivity index (χ4n) is 2.13. The number of nitrogens with zero attached hydrogens (tertiary/aromatic N) is 2. The van der Waals surface area contributed by atoms with Crippen molar-refractivity contribution in [1.29, 1.82) is 0 Å². The standard InChI is InChI=1S/C17H24N4O2/c1-12(2)13-4-6-14(7-5-13)17-20-16(23-21-17)9-8-15(22)19-11-10-18-3/h4-7,12,18H,8-11H2,1-3H3,(H,19,22). The quantitative estimate of drug-likeness (QED) is 0.729. The molecule has 2 aromatic rings. The summed E-state index contributed by atoms with van der Waals surface area (Å²) in [4.78, 5) is 16.0. The molecule has 6 heteroatoms. The van der Waals surface area contributed by atoms with Gasteiger partial charge in [-0.1, -0.05) is 43.3 Å². The van der Waals surface area contributed by atoms with Crippen LogP contribution in [-0.4, -0.2) is 36.2 Å². The van der Waals surface area contributed by atoms with Crippen molar-refractivity contribution < 1.29 is 9.32 Å². The Labute approximate surface area is 136 Å². The minimum Gasteiger partial charge on any atom is -0.355 e. The van der Waals surface area contributed by atoms with E-state index in [0.29, 0.717) is 37.0 Å². The van der Waals surface area contributed by atoms with Gasteiger partial charge in [0, 0.05) is 31.5 Å². The fourth-order valence-corrected chi connectivity index (χ4v) is 2.13. The van der Waals surface area contributed by atoms with Gasteiger partial charge in [-0.25, -0.2) is 0 Å². The van der Waals surface area contributed by atoms with E-state index in [1.165, 1.54) is 5.56 Å². The van der Waals surface area contributed by atoms with Crippen LogP contribution in [-0.2, 0) is 11.2 Å². The minimum atomic E-state index is -0.0127. The summed E-state index contributed by atoms with van der Waals surface area (Å²) in [6.07, 6.45) is 0.792. The van der Waals surface area contributed by atoms with Crippen LogP contribution < -0.4 is 10.6 Å². The van der Waals surface area contributed by atoms with Crippen molar-refractivity contribution in [2.45, 2.75) is 32.6 Å². The van der Waals surface area contributed by atoms with E-state index in [9.17, 15) is 4.79 Å². The van der Waals surface area contributed by atoms with Gasteiger partial charge in [0.05, 0.1) is 0 Å². The second-order valence-corrected chi connectivity index (χ2v) is 5.74. The Morgan fingerprint density at radius 2 is 1.96 bits per heavy atom. The molecule has 0 spiro atoms. The number of hydrogen-bond acceptors (Lipinski definition) is 5.